The molecule has 1 unspecified atom stereocenters. The maximum absolute atomic E-state index is 13.7. The summed E-state index contributed by atoms with van der Waals surface area (Å²) in [5.74, 6) is 0.511. The molecule has 1 atom stereocenters. The number of oxazole rings is 1. The summed E-state index contributed by atoms with van der Waals surface area (Å²) in [6.07, 6.45) is 2.06. The molecule has 0 radical (unpaired) electrons. The van der Waals surface area contributed by atoms with Crippen molar-refractivity contribution < 1.29 is 13.6 Å². The number of rotatable bonds is 7. The van der Waals surface area contributed by atoms with Crippen LogP contribution in [0.3, 0.4) is 0 Å². The molecule has 146 valence electrons. The maximum atomic E-state index is 13.7. The number of hydrogen-bond donors (Lipinski definition) is 2. The Labute approximate surface area is 165 Å². The highest BCUT2D eigenvalue weighted by molar-refractivity contribution is 5.85. The van der Waals surface area contributed by atoms with E-state index in [0.717, 1.165) is 0 Å². The molecule has 3 N–H and O–H groups in total. The summed E-state index contributed by atoms with van der Waals surface area (Å²) in [6, 6.07) is 6.34. The summed E-state index contributed by atoms with van der Waals surface area (Å²) in [4.78, 5) is 16.2. The van der Waals surface area contributed by atoms with Gasteiger partial charge in [0.1, 0.15) is 5.82 Å². The largest absolute Gasteiger partial charge is 0.441 e. The van der Waals surface area contributed by atoms with Crippen molar-refractivity contribution in [3.63, 3.8) is 0 Å². The molecule has 2 rings (SSSR count). The maximum Gasteiger partial charge on any atom is 0.220 e. The molecule has 1 heterocycles. The number of amides is 1. The zero-order valence-electron chi connectivity index (χ0n) is 15.1. The first-order valence-corrected chi connectivity index (χ1v) is 8.06. The van der Waals surface area contributed by atoms with Crippen LogP contribution in [0.2, 0.25) is 0 Å². The van der Waals surface area contributed by atoms with Gasteiger partial charge in [-0.15, -0.1) is 24.8 Å². The molecule has 0 saturated carbocycles. The number of carbonyl (C=O) groups is 1. The number of nitrogens with one attached hydrogen (secondary N) is 1. The van der Waals surface area contributed by atoms with Gasteiger partial charge in [0.05, 0.1) is 17.3 Å². The SMILES string of the molecule is CC(C)C(C)(CN)NC(=O)CCc1ncc(-c2ccccc2F)o1.Cl.Cl. The molecule has 0 spiro atoms. The Kier molecular flexibility index (Phi) is 9.84. The fraction of sp³-hybridized carbons (Fsp3) is 0.444. The van der Waals surface area contributed by atoms with Gasteiger partial charge in [-0.1, -0.05) is 26.0 Å². The van der Waals surface area contributed by atoms with Gasteiger partial charge in [-0.2, -0.15) is 0 Å². The van der Waals surface area contributed by atoms with E-state index in [0.29, 0.717) is 30.2 Å². The first-order chi connectivity index (χ1) is 11.4. The van der Waals surface area contributed by atoms with Crippen molar-refractivity contribution in [1.82, 2.24) is 10.3 Å². The predicted octanol–water partition coefficient (Wildman–Crippen LogP) is 3.75. The lowest BCUT2D eigenvalue weighted by molar-refractivity contribution is -0.123. The minimum Gasteiger partial charge on any atom is -0.441 e. The Bertz CT molecular complexity index is 709. The molecule has 8 heteroatoms. The fourth-order valence-corrected chi connectivity index (χ4v) is 2.24. The number of carbonyl (C=O) groups excluding carboxylic acids is 1. The number of nitrogens with two attached hydrogens (primary N) is 1. The lowest BCUT2D eigenvalue weighted by Crippen LogP contribution is -2.55. The average Bonchev–Trinajstić information content (AvgIpc) is 3.01. The number of hydrogen-bond acceptors (Lipinski definition) is 4. The van der Waals surface area contributed by atoms with E-state index in [1.54, 1.807) is 18.2 Å². The highest BCUT2D eigenvalue weighted by Crippen LogP contribution is 2.23. The minimum atomic E-state index is -0.438. The van der Waals surface area contributed by atoms with E-state index in [4.69, 9.17) is 10.2 Å². The molecule has 0 aliphatic heterocycles. The normalized spacial score (nSPS) is 12.7. The van der Waals surface area contributed by atoms with E-state index >= 15 is 0 Å². The third kappa shape index (κ3) is 5.97. The summed E-state index contributed by atoms with van der Waals surface area (Å²) in [5, 5.41) is 2.97. The van der Waals surface area contributed by atoms with Gasteiger partial charge in [0.2, 0.25) is 5.91 Å². The zero-order chi connectivity index (χ0) is 17.7. The van der Waals surface area contributed by atoms with Gasteiger partial charge in [-0.3, -0.25) is 4.79 Å². The van der Waals surface area contributed by atoms with Crippen LogP contribution >= 0.6 is 24.8 Å². The van der Waals surface area contributed by atoms with Crippen LogP contribution in [-0.2, 0) is 11.2 Å². The molecule has 0 aliphatic rings. The molecule has 5 nitrogen and oxygen atoms in total. The second-order valence-electron chi connectivity index (χ2n) is 6.42. The fourth-order valence-electron chi connectivity index (χ4n) is 2.24. The third-order valence-corrected chi connectivity index (χ3v) is 4.38. The highest BCUT2D eigenvalue weighted by Gasteiger charge is 2.28. The molecule has 2 aromatic rings. The van der Waals surface area contributed by atoms with E-state index in [2.05, 4.69) is 10.3 Å². The van der Waals surface area contributed by atoms with E-state index < -0.39 is 5.54 Å². The number of aryl methyl sites for hydroxylation is 1. The molecule has 0 aliphatic carbocycles. The average molecular weight is 406 g/mol. The highest BCUT2D eigenvalue weighted by atomic mass is 35.5. The number of benzene rings is 1. The number of halogens is 3. The monoisotopic (exact) mass is 405 g/mol. The van der Waals surface area contributed by atoms with Gasteiger partial charge in [-0.25, -0.2) is 9.37 Å². The van der Waals surface area contributed by atoms with Gasteiger partial charge in [-0.05, 0) is 25.0 Å². The van der Waals surface area contributed by atoms with Crippen molar-refractivity contribution >= 4 is 30.7 Å². The lowest BCUT2D eigenvalue weighted by atomic mass is 9.88. The second kappa shape index (κ2) is 10.5. The standard InChI is InChI=1S/C18H24FN3O2.2ClH/c1-12(2)18(3,11-20)22-16(23)8-9-17-21-10-15(24-17)13-6-4-5-7-14(13)19;;/h4-7,10,12H,8-9,11,20H2,1-3H3,(H,22,23);2*1H. The molecular formula is C18H26Cl2FN3O2. The molecule has 1 aromatic carbocycles. The quantitative estimate of drug-likeness (QED) is 0.734. The van der Waals surface area contributed by atoms with Gasteiger partial charge in [0, 0.05) is 19.4 Å². The van der Waals surface area contributed by atoms with E-state index in [1.165, 1.54) is 12.3 Å². The van der Waals surface area contributed by atoms with Crippen LogP contribution in [0, 0.1) is 11.7 Å². The zero-order valence-corrected chi connectivity index (χ0v) is 16.8. The molecule has 0 bridgehead atoms. The summed E-state index contributed by atoms with van der Waals surface area (Å²) in [7, 11) is 0. The Balaban J connectivity index is 0.00000312. The van der Waals surface area contributed by atoms with Crippen LogP contribution in [0.15, 0.2) is 34.9 Å². The van der Waals surface area contributed by atoms with Crippen LogP contribution in [0.25, 0.3) is 11.3 Å². The van der Waals surface area contributed by atoms with Crippen molar-refractivity contribution in [1.29, 1.82) is 0 Å². The van der Waals surface area contributed by atoms with Gasteiger partial charge in [0.25, 0.3) is 0 Å². The van der Waals surface area contributed by atoms with Crippen LogP contribution < -0.4 is 11.1 Å². The smallest absolute Gasteiger partial charge is 0.220 e. The second-order valence-corrected chi connectivity index (χ2v) is 6.42. The molecular weight excluding hydrogens is 380 g/mol. The van der Waals surface area contributed by atoms with Crippen LogP contribution in [0.4, 0.5) is 4.39 Å². The molecule has 0 saturated heterocycles. The Morgan fingerprint density at radius 3 is 2.58 bits per heavy atom. The van der Waals surface area contributed by atoms with Crippen LogP contribution in [-0.4, -0.2) is 23.0 Å². The first-order valence-electron chi connectivity index (χ1n) is 8.06. The summed E-state index contributed by atoms with van der Waals surface area (Å²) >= 11 is 0. The van der Waals surface area contributed by atoms with Crippen molar-refractivity contribution in [2.75, 3.05) is 6.54 Å². The third-order valence-electron chi connectivity index (χ3n) is 4.38. The van der Waals surface area contributed by atoms with Crippen LogP contribution in [0.1, 0.15) is 33.1 Å². The summed E-state index contributed by atoms with van der Waals surface area (Å²) in [6.45, 7) is 6.33. The predicted molar refractivity (Wildman–Crippen MR) is 105 cm³/mol. The van der Waals surface area contributed by atoms with Gasteiger partial charge < -0.3 is 15.5 Å². The van der Waals surface area contributed by atoms with E-state index in [9.17, 15) is 9.18 Å². The topological polar surface area (TPSA) is 81.1 Å². The molecule has 1 aromatic heterocycles. The molecule has 0 fully saturated rings. The Morgan fingerprint density at radius 1 is 1.35 bits per heavy atom. The Morgan fingerprint density at radius 2 is 2.00 bits per heavy atom. The summed E-state index contributed by atoms with van der Waals surface area (Å²) in [5.41, 5.74) is 5.68. The minimum absolute atomic E-state index is 0. The Hall–Kier alpha value is -1.63. The van der Waals surface area contributed by atoms with Crippen molar-refractivity contribution in [3.8, 4) is 11.3 Å². The van der Waals surface area contributed by atoms with E-state index in [-0.39, 0.29) is 48.9 Å². The molecule has 1 amide bonds. The number of nitrogens with zero attached hydrogens (tertiary/aromatic N) is 1. The number of aromatic nitrogens is 1. The summed E-state index contributed by atoms with van der Waals surface area (Å²) < 4.78 is 19.3. The van der Waals surface area contributed by atoms with E-state index in [1.807, 2.05) is 20.8 Å². The molecule has 26 heavy (non-hydrogen) atoms. The first kappa shape index (κ1) is 24.4. The van der Waals surface area contributed by atoms with Crippen molar-refractivity contribution in [3.05, 3.63) is 42.2 Å². The lowest BCUT2D eigenvalue weighted by Gasteiger charge is -2.33. The van der Waals surface area contributed by atoms with Crippen molar-refractivity contribution in [2.45, 2.75) is 39.2 Å². The van der Waals surface area contributed by atoms with Gasteiger partial charge >= 0.3 is 0 Å². The van der Waals surface area contributed by atoms with Crippen LogP contribution in [0.5, 0.6) is 0 Å². The van der Waals surface area contributed by atoms with Gasteiger partial charge in [0.15, 0.2) is 11.7 Å². The van der Waals surface area contributed by atoms with Crippen molar-refractivity contribution in [2.24, 2.45) is 11.7 Å².